The molecule has 260 valence electrons. The molecule has 3 aliphatic rings. The molecule has 2 atom stereocenters. The number of alkyl halides is 2. The molecule has 7 heterocycles. The van der Waals surface area contributed by atoms with Gasteiger partial charge in [0.2, 0.25) is 0 Å². The normalized spacial score (nSPS) is 20.3. The fourth-order valence-corrected chi connectivity index (χ4v) is 7.72. The van der Waals surface area contributed by atoms with Crippen LogP contribution in [0.3, 0.4) is 0 Å². The number of hydrogen-bond acceptors (Lipinski definition) is 6. The van der Waals surface area contributed by atoms with E-state index in [4.69, 9.17) is 4.98 Å². The van der Waals surface area contributed by atoms with Crippen LogP contribution in [-0.2, 0) is 0 Å². The molecule has 4 aromatic heterocycles. The van der Waals surface area contributed by atoms with Gasteiger partial charge in [-0.1, -0.05) is 48.5 Å². The molecule has 0 saturated carbocycles. The van der Waals surface area contributed by atoms with E-state index in [0.29, 0.717) is 13.1 Å². The molecule has 2 aromatic carbocycles. The lowest BCUT2D eigenvalue weighted by Gasteiger charge is -2.32. The number of aromatic nitrogens is 6. The molecule has 4 N–H and O–H groups in total. The number of imidazole rings is 2. The summed E-state index contributed by atoms with van der Waals surface area (Å²) in [5.74, 6) is 0.0980. The number of benzene rings is 2. The first-order valence-electron chi connectivity index (χ1n) is 18.1. The molecule has 0 unspecified atom stereocenters. The maximum Gasteiger partial charge on any atom is 0.251 e. The Morgan fingerprint density at radius 2 is 1.10 bits per heavy atom. The Balaban J connectivity index is 1.03. The summed E-state index contributed by atoms with van der Waals surface area (Å²) in [5, 5.41) is 7.03. The van der Waals surface area contributed by atoms with Crippen LogP contribution in [0, 0.1) is 0 Å². The van der Waals surface area contributed by atoms with Crippen molar-refractivity contribution in [2.24, 2.45) is 0 Å². The Morgan fingerprint density at radius 1 is 0.588 bits per heavy atom. The Labute approximate surface area is 295 Å². The van der Waals surface area contributed by atoms with E-state index in [1.807, 2.05) is 35.6 Å². The Kier molecular flexibility index (Phi) is 8.24. The van der Waals surface area contributed by atoms with Crippen LogP contribution in [0.5, 0.6) is 0 Å². The van der Waals surface area contributed by atoms with Crippen LogP contribution in [0.25, 0.3) is 50.7 Å². The highest BCUT2D eigenvalue weighted by Gasteiger charge is 2.34. The second kappa shape index (κ2) is 13.2. The van der Waals surface area contributed by atoms with Crippen molar-refractivity contribution < 1.29 is 8.78 Å². The van der Waals surface area contributed by atoms with Gasteiger partial charge in [-0.05, 0) is 85.3 Å². The molecule has 0 radical (unpaired) electrons. The Hall–Kier alpha value is -5.13. The van der Waals surface area contributed by atoms with Gasteiger partial charge in [-0.2, -0.15) is 0 Å². The average molecular weight is 686 g/mol. The topological polar surface area (TPSA) is 102 Å². The highest BCUT2D eigenvalue weighted by atomic mass is 19.3. The van der Waals surface area contributed by atoms with E-state index in [2.05, 4.69) is 95.8 Å². The fourth-order valence-electron chi connectivity index (χ4n) is 7.72. The summed E-state index contributed by atoms with van der Waals surface area (Å²) in [6.45, 7) is 2.64. The molecule has 3 aliphatic heterocycles. The first-order chi connectivity index (χ1) is 25.0. The van der Waals surface area contributed by atoms with E-state index in [1.165, 1.54) is 12.8 Å². The van der Waals surface area contributed by atoms with Gasteiger partial charge in [-0.3, -0.25) is 0 Å². The zero-order chi connectivity index (χ0) is 34.4. The lowest BCUT2D eigenvalue weighted by atomic mass is 10.1. The van der Waals surface area contributed by atoms with E-state index in [0.717, 1.165) is 94.1 Å². The van der Waals surface area contributed by atoms with E-state index in [-0.39, 0.29) is 24.9 Å². The average Bonchev–Trinajstić information content (AvgIpc) is 4.01. The lowest BCUT2D eigenvalue weighted by molar-refractivity contribution is -0.0221. The summed E-state index contributed by atoms with van der Waals surface area (Å²) in [5.41, 5.74) is 9.22. The fraction of sp³-hybridized carbons (Fsp3) is 0.325. The largest absolute Gasteiger partial charge is 0.356 e. The molecule has 9 rings (SSSR count). The second-order valence-electron chi connectivity index (χ2n) is 14.0. The van der Waals surface area contributed by atoms with Gasteiger partial charge in [0.15, 0.2) is 0 Å². The van der Waals surface area contributed by atoms with Crippen LogP contribution >= 0.6 is 0 Å². The highest BCUT2D eigenvalue weighted by molar-refractivity contribution is 5.76. The number of nitrogens with one attached hydrogen (secondary N) is 4. The first-order valence-corrected chi connectivity index (χ1v) is 18.1. The minimum atomic E-state index is -2.60. The van der Waals surface area contributed by atoms with Gasteiger partial charge < -0.3 is 30.1 Å². The number of hydrogen-bond donors (Lipinski definition) is 4. The monoisotopic (exact) mass is 685 g/mol. The van der Waals surface area contributed by atoms with Crippen molar-refractivity contribution in [2.75, 3.05) is 31.1 Å². The molecule has 0 amide bonds. The smallest absolute Gasteiger partial charge is 0.251 e. The van der Waals surface area contributed by atoms with Crippen molar-refractivity contribution >= 4 is 5.82 Å². The number of rotatable bonds is 8. The van der Waals surface area contributed by atoms with Gasteiger partial charge in [0.25, 0.3) is 5.92 Å². The van der Waals surface area contributed by atoms with Crippen molar-refractivity contribution in [1.29, 1.82) is 0 Å². The summed E-state index contributed by atoms with van der Waals surface area (Å²) in [4.78, 5) is 23.1. The third kappa shape index (κ3) is 6.36. The van der Waals surface area contributed by atoms with Crippen molar-refractivity contribution in [2.45, 2.75) is 56.5 Å². The van der Waals surface area contributed by atoms with Crippen LogP contribution in [-0.4, -0.2) is 61.6 Å². The van der Waals surface area contributed by atoms with Crippen molar-refractivity contribution in [1.82, 2.24) is 40.1 Å². The SMILES string of the molecule is FC1(F)CCN(c2ccc(-n3c(-c4ccc(-c5cnc([C@@H]6CCCN6)[nH]5)cc4)ccc3-c3ccc(-c4cnc([C@@H]5CCCN5)[nH]4)cc3)cn2)CC1. The van der Waals surface area contributed by atoms with E-state index >= 15 is 0 Å². The van der Waals surface area contributed by atoms with Crippen LogP contribution in [0.4, 0.5) is 14.6 Å². The van der Waals surface area contributed by atoms with Crippen molar-refractivity contribution in [3.8, 4) is 50.7 Å². The molecule has 0 aliphatic carbocycles. The van der Waals surface area contributed by atoms with Crippen LogP contribution < -0.4 is 15.5 Å². The zero-order valence-electron chi connectivity index (χ0n) is 28.4. The summed E-state index contributed by atoms with van der Waals surface area (Å²) in [6.07, 6.45) is 9.92. The van der Waals surface area contributed by atoms with Gasteiger partial charge >= 0.3 is 0 Å². The Bertz CT molecular complexity index is 1970. The molecule has 3 fully saturated rings. The van der Waals surface area contributed by atoms with Crippen molar-refractivity contribution in [3.05, 3.63) is 103 Å². The predicted octanol–water partition coefficient (Wildman–Crippen LogP) is 8.07. The number of anilines is 1. The van der Waals surface area contributed by atoms with Crippen LogP contribution in [0.2, 0.25) is 0 Å². The molecular formula is C40H41F2N9. The Morgan fingerprint density at radius 3 is 1.55 bits per heavy atom. The summed E-state index contributed by atoms with van der Waals surface area (Å²) in [6, 6.07) is 26.0. The zero-order valence-corrected chi connectivity index (χ0v) is 28.4. The van der Waals surface area contributed by atoms with Gasteiger partial charge in [-0.15, -0.1) is 0 Å². The van der Waals surface area contributed by atoms with Crippen LogP contribution in [0.15, 0.2) is 91.4 Å². The third-order valence-electron chi connectivity index (χ3n) is 10.6. The van der Waals surface area contributed by atoms with Gasteiger partial charge in [0, 0.05) is 25.9 Å². The van der Waals surface area contributed by atoms with Gasteiger partial charge in [-0.25, -0.2) is 23.7 Å². The summed E-state index contributed by atoms with van der Waals surface area (Å²) in [7, 11) is 0. The van der Waals surface area contributed by atoms with Gasteiger partial charge in [0.05, 0.1) is 59.1 Å². The number of pyridine rings is 1. The maximum absolute atomic E-state index is 13.9. The van der Waals surface area contributed by atoms with Crippen LogP contribution in [0.1, 0.15) is 62.3 Å². The van der Waals surface area contributed by atoms with E-state index in [1.54, 1.807) is 0 Å². The second-order valence-corrected chi connectivity index (χ2v) is 14.0. The minimum absolute atomic E-state index is 0.150. The van der Waals surface area contributed by atoms with Gasteiger partial charge in [0.1, 0.15) is 17.5 Å². The van der Waals surface area contributed by atoms with E-state index < -0.39 is 5.92 Å². The molecule has 9 nitrogen and oxygen atoms in total. The highest BCUT2D eigenvalue weighted by Crippen LogP contribution is 2.36. The summed E-state index contributed by atoms with van der Waals surface area (Å²) < 4.78 is 30.0. The first kappa shape index (κ1) is 31.8. The molecule has 51 heavy (non-hydrogen) atoms. The summed E-state index contributed by atoms with van der Waals surface area (Å²) >= 11 is 0. The molecule has 0 spiro atoms. The molecule has 11 heteroatoms. The maximum atomic E-state index is 13.9. The standard InChI is InChI=1S/C40H41F2N9/c41-40(42)17-21-50(22-18-40)37-16-13-30(23-45-37)51-35(28-9-5-26(6-10-28)33-24-46-38(48-33)31-3-1-19-43-31)14-15-36(51)29-11-7-27(8-12-29)34-25-47-39(49-34)32-4-2-20-44-32/h5-16,23-25,31-32,43-44H,1-4,17-22H2,(H,46,48)(H,47,49)/t31-,32-/m0/s1. The number of H-pyrrole nitrogens is 2. The number of halogens is 2. The quantitative estimate of drug-likeness (QED) is 0.129. The molecule has 3 saturated heterocycles. The van der Waals surface area contributed by atoms with Crippen molar-refractivity contribution in [3.63, 3.8) is 0 Å². The predicted molar refractivity (Wildman–Crippen MR) is 196 cm³/mol. The molecular weight excluding hydrogens is 644 g/mol. The molecule has 6 aromatic rings. The number of nitrogens with zero attached hydrogens (tertiary/aromatic N) is 5. The third-order valence-corrected chi connectivity index (χ3v) is 10.6. The number of piperidine rings is 1. The number of aromatic amines is 2. The van der Waals surface area contributed by atoms with E-state index in [9.17, 15) is 8.78 Å². The molecule has 0 bridgehead atoms. The lowest BCUT2D eigenvalue weighted by Crippen LogP contribution is -2.39. The minimum Gasteiger partial charge on any atom is -0.356 e.